The van der Waals surface area contributed by atoms with Gasteiger partial charge in [-0.15, -0.1) is 0 Å². The molecule has 0 spiro atoms. The number of anilines is 1. The van der Waals surface area contributed by atoms with Crippen molar-refractivity contribution < 1.29 is 19.4 Å². The van der Waals surface area contributed by atoms with Gasteiger partial charge in [-0.25, -0.2) is 0 Å². The Morgan fingerprint density at radius 1 is 1.45 bits per heavy atom. The van der Waals surface area contributed by atoms with Gasteiger partial charge in [0, 0.05) is 24.3 Å². The summed E-state index contributed by atoms with van der Waals surface area (Å²) in [7, 11) is 1.52. The summed E-state index contributed by atoms with van der Waals surface area (Å²) in [4.78, 5) is 25.1. The molecule has 0 aliphatic carbocycles. The molecule has 0 bridgehead atoms. The summed E-state index contributed by atoms with van der Waals surface area (Å²) >= 11 is 0. The molecule has 1 aromatic rings. The van der Waals surface area contributed by atoms with E-state index in [0.717, 1.165) is 0 Å². The van der Waals surface area contributed by atoms with Crippen molar-refractivity contribution >= 4 is 17.6 Å². The number of carboxylic acids is 1. The van der Waals surface area contributed by atoms with Gasteiger partial charge >= 0.3 is 5.97 Å². The lowest BCUT2D eigenvalue weighted by Gasteiger charge is -2.24. The Kier molecular flexibility index (Phi) is 3.83. The van der Waals surface area contributed by atoms with Gasteiger partial charge in [0.25, 0.3) is 5.91 Å². The van der Waals surface area contributed by atoms with Gasteiger partial charge in [0.05, 0.1) is 18.6 Å². The van der Waals surface area contributed by atoms with Crippen LogP contribution in [0, 0.1) is 5.92 Å². The molecule has 2 unspecified atom stereocenters. The molecule has 6 heteroatoms. The SMILES string of the molecule is COc1ccc(C(=O)N2CCC(C(=O)O)C2C)c(N)c1. The van der Waals surface area contributed by atoms with Crippen molar-refractivity contribution in [2.24, 2.45) is 5.92 Å². The van der Waals surface area contributed by atoms with Crippen molar-refractivity contribution in [3.05, 3.63) is 23.8 Å². The number of benzene rings is 1. The maximum absolute atomic E-state index is 12.5. The predicted molar refractivity (Wildman–Crippen MR) is 73.6 cm³/mol. The molecule has 1 aliphatic heterocycles. The Hall–Kier alpha value is -2.24. The number of methoxy groups -OCH3 is 1. The quantitative estimate of drug-likeness (QED) is 0.811. The summed E-state index contributed by atoms with van der Waals surface area (Å²) in [6, 6.07) is 4.53. The molecule has 3 N–H and O–H groups in total. The maximum atomic E-state index is 12.5. The van der Waals surface area contributed by atoms with Gasteiger partial charge in [0.1, 0.15) is 5.75 Å². The van der Waals surface area contributed by atoms with E-state index in [1.807, 2.05) is 0 Å². The Morgan fingerprint density at radius 2 is 2.15 bits per heavy atom. The van der Waals surface area contributed by atoms with E-state index in [1.54, 1.807) is 30.0 Å². The van der Waals surface area contributed by atoms with Crippen LogP contribution in [0.4, 0.5) is 5.69 Å². The Labute approximate surface area is 117 Å². The molecule has 108 valence electrons. The van der Waals surface area contributed by atoms with Crippen LogP contribution in [0.2, 0.25) is 0 Å². The topological polar surface area (TPSA) is 92.9 Å². The summed E-state index contributed by atoms with van der Waals surface area (Å²) in [6.07, 6.45) is 0.471. The highest BCUT2D eigenvalue weighted by atomic mass is 16.5. The molecule has 1 fully saturated rings. The summed E-state index contributed by atoms with van der Waals surface area (Å²) in [5, 5.41) is 9.10. The van der Waals surface area contributed by atoms with Gasteiger partial charge in [-0.2, -0.15) is 0 Å². The third kappa shape index (κ3) is 2.41. The highest BCUT2D eigenvalue weighted by Crippen LogP contribution is 2.28. The number of amides is 1. The number of carbonyl (C=O) groups excluding carboxylic acids is 1. The number of aliphatic carboxylic acids is 1. The average molecular weight is 278 g/mol. The van der Waals surface area contributed by atoms with Crippen molar-refractivity contribution in [1.29, 1.82) is 0 Å². The molecule has 20 heavy (non-hydrogen) atoms. The first-order chi connectivity index (χ1) is 9.45. The van der Waals surface area contributed by atoms with Crippen LogP contribution in [0.5, 0.6) is 5.75 Å². The molecule has 1 aromatic carbocycles. The first-order valence-corrected chi connectivity index (χ1v) is 6.43. The molecule has 2 rings (SSSR count). The van der Waals surface area contributed by atoms with Gasteiger partial charge < -0.3 is 20.5 Å². The number of carbonyl (C=O) groups is 2. The van der Waals surface area contributed by atoms with E-state index in [4.69, 9.17) is 15.6 Å². The molecule has 1 heterocycles. The smallest absolute Gasteiger partial charge is 0.308 e. The zero-order chi connectivity index (χ0) is 14.9. The first-order valence-electron chi connectivity index (χ1n) is 6.43. The third-order valence-electron chi connectivity index (χ3n) is 3.82. The molecular formula is C14H18N2O4. The molecule has 0 saturated carbocycles. The predicted octanol–water partition coefficient (Wildman–Crippen LogP) is 1.21. The summed E-state index contributed by atoms with van der Waals surface area (Å²) < 4.78 is 5.04. The van der Waals surface area contributed by atoms with E-state index in [2.05, 4.69) is 0 Å². The molecular weight excluding hydrogens is 260 g/mol. The fourth-order valence-electron chi connectivity index (χ4n) is 2.57. The Morgan fingerprint density at radius 3 is 2.65 bits per heavy atom. The number of nitrogens with two attached hydrogens (primary N) is 1. The van der Waals surface area contributed by atoms with E-state index in [1.165, 1.54) is 7.11 Å². The average Bonchev–Trinajstić information content (AvgIpc) is 2.79. The molecule has 1 saturated heterocycles. The zero-order valence-corrected chi connectivity index (χ0v) is 11.5. The van der Waals surface area contributed by atoms with Gasteiger partial charge in [-0.3, -0.25) is 9.59 Å². The number of nitrogens with zero attached hydrogens (tertiary/aromatic N) is 1. The molecule has 0 radical (unpaired) electrons. The van der Waals surface area contributed by atoms with Crippen molar-refractivity contribution in [3.63, 3.8) is 0 Å². The van der Waals surface area contributed by atoms with E-state index < -0.39 is 11.9 Å². The van der Waals surface area contributed by atoms with E-state index in [9.17, 15) is 9.59 Å². The van der Waals surface area contributed by atoms with Crippen LogP contribution in [0.15, 0.2) is 18.2 Å². The largest absolute Gasteiger partial charge is 0.497 e. The second-order valence-corrected chi connectivity index (χ2v) is 4.93. The number of hydrogen-bond acceptors (Lipinski definition) is 4. The minimum absolute atomic E-state index is 0.235. The number of ether oxygens (including phenoxy) is 1. The Balaban J connectivity index is 2.22. The van der Waals surface area contributed by atoms with Gasteiger partial charge in [0.15, 0.2) is 0 Å². The first kappa shape index (κ1) is 14.2. The minimum Gasteiger partial charge on any atom is -0.497 e. The number of likely N-dealkylation sites (tertiary alicyclic amines) is 1. The number of carboxylic acid groups (broad SMARTS) is 1. The van der Waals surface area contributed by atoms with E-state index in [-0.39, 0.29) is 11.9 Å². The van der Waals surface area contributed by atoms with Crippen molar-refractivity contribution in [2.75, 3.05) is 19.4 Å². The van der Waals surface area contributed by atoms with Gasteiger partial charge in [0.2, 0.25) is 0 Å². The van der Waals surface area contributed by atoms with Crippen LogP contribution in [-0.4, -0.2) is 41.6 Å². The lowest BCUT2D eigenvalue weighted by Crippen LogP contribution is -2.37. The van der Waals surface area contributed by atoms with Crippen LogP contribution >= 0.6 is 0 Å². The molecule has 1 aliphatic rings. The molecule has 0 aromatic heterocycles. The summed E-state index contributed by atoms with van der Waals surface area (Å²) in [5.74, 6) is -1.03. The number of rotatable bonds is 3. The van der Waals surface area contributed by atoms with Crippen molar-refractivity contribution in [1.82, 2.24) is 4.90 Å². The van der Waals surface area contributed by atoms with Gasteiger partial charge in [-0.1, -0.05) is 0 Å². The number of nitrogen functional groups attached to an aromatic ring is 1. The van der Waals surface area contributed by atoms with E-state index in [0.29, 0.717) is 30.0 Å². The molecule has 1 amide bonds. The fourth-order valence-corrected chi connectivity index (χ4v) is 2.57. The maximum Gasteiger partial charge on any atom is 0.308 e. The third-order valence-corrected chi connectivity index (χ3v) is 3.82. The van der Waals surface area contributed by atoms with Crippen LogP contribution in [0.1, 0.15) is 23.7 Å². The standard InChI is InChI=1S/C14H18N2O4/c1-8-10(14(18)19)5-6-16(8)13(17)11-4-3-9(20-2)7-12(11)15/h3-4,7-8,10H,5-6,15H2,1-2H3,(H,18,19). The van der Waals surface area contributed by atoms with E-state index >= 15 is 0 Å². The van der Waals surface area contributed by atoms with Crippen molar-refractivity contribution in [3.8, 4) is 5.75 Å². The molecule has 6 nitrogen and oxygen atoms in total. The second kappa shape index (κ2) is 5.40. The zero-order valence-electron chi connectivity index (χ0n) is 11.5. The summed E-state index contributed by atoms with van der Waals surface area (Å²) in [5.41, 5.74) is 6.57. The highest BCUT2D eigenvalue weighted by Gasteiger charge is 2.38. The van der Waals surface area contributed by atoms with Crippen LogP contribution in [0.3, 0.4) is 0 Å². The minimum atomic E-state index is -0.865. The lowest BCUT2D eigenvalue weighted by atomic mass is 10.0. The monoisotopic (exact) mass is 278 g/mol. The van der Waals surface area contributed by atoms with Crippen LogP contribution < -0.4 is 10.5 Å². The Bertz CT molecular complexity index is 544. The fraction of sp³-hybridized carbons (Fsp3) is 0.429. The lowest BCUT2D eigenvalue weighted by molar-refractivity contribution is -0.142. The number of hydrogen-bond donors (Lipinski definition) is 2. The highest BCUT2D eigenvalue weighted by molar-refractivity contribution is 6.00. The second-order valence-electron chi connectivity index (χ2n) is 4.93. The summed E-state index contributed by atoms with van der Waals surface area (Å²) in [6.45, 7) is 2.19. The normalized spacial score (nSPS) is 21.8. The van der Waals surface area contributed by atoms with Crippen molar-refractivity contribution in [2.45, 2.75) is 19.4 Å². The van der Waals surface area contributed by atoms with Crippen LogP contribution in [0.25, 0.3) is 0 Å². The van der Waals surface area contributed by atoms with Gasteiger partial charge in [-0.05, 0) is 25.5 Å². The molecule has 2 atom stereocenters. The van der Waals surface area contributed by atoms with Crippen LogP contribution in [-0.2, 0) is 4.79 Å².